The Morgan fingerprint density at radius 2 is 1.72 bits per heavy atom. The SMILES string of the molecule is COc1ccccc1CC(=O)N1CCN(C(=O)c2ccn(C)c2)CC1. The third-order valence-electron chi connectivity index (χ3n) is 4.53. The number of piperazine rings is 1. The highest BCUT2D eigenvalue weighted by Crippen LogP contribution is 2.19. The normalized spacial score (nSPS) is 14.5. The summed E-state index contributed by atoms with van der Waals surface area (Å²) in [4.78, 5) is 28.6. The fourth-order valence-electron chi connectivity index (χ4n) is 3.10. The van der Waals surface area contributed by atoms with Gasteiger partial charge in [-0.15, -0.1) is 0 Å². The number of carbonyl (C=O) groups excluding carboxylic acids is 2. The highest BCUT2D eigenvalue weighted by atomic mass is 16.5. The van der Waals surface area contributed by atoms with Gasteiger partial charge in [-0.2, -0.15) is 0 Å². The van der Waals surface area contributed by atoms with Gasteiger partial charge < -0.3 is 19.1 Å². The lowest BCUT2D eigenvalue weighted by Crippen LogP contribution is -2.51. The Morgan fingerprint density at radius 3 is 2.36 bits per heavy atom. The van der Waals surface area contributed by atoms with Crippen LogP contribution in [0.2, 0.25) is 0 Å². The van der Waals surface area contributed by atoms with Crippen LogP contribution in [-0.2, 0) is 18.3 Å². The molecule has 0 aliphatic carbocycles. The summed E-state index contributed by atoms with van der Waals surface area (Å²) in [6.45, 7) is 2.25. The first-order valence-electron chi connectivity index (χ1n) is 8.39. The molecule has 0 atom stereocenters. The summed E-state index contributed by atoms with van der Waals surface area (Å²) in [6.07, 6.45) is 4.00. The molecule has 2 amide bonds. The van der Waals surface area contributed by atoms with Crippen LogP contribution in [0, 0.1) is 0 Å². The van der Waals surface area contributed by atoms with Gasteiger partial charge in [-0.3, -0.25) is 9.59 Å². The largest absolute Gasteiger partial charge is 0.496 e. The summed E-state index contributed by atoms with van der Waals surface area (Å²) >= 11 is 0. The molecule has 1 aliphatic rings. The topological polar surface area (TPSA) is 54.8 Å². The van der Waals surface area contributed by atoms with Crippen molar-refractivity contribution in [3.8, 4) is 5.75 Å². The van der Waals surface area contributed by atoms with Gasteiger partial charge in [0.25, 0.3) is 5.91 Å². The van der Waals surface area contributed by atoms with Crippen LogP contribution >= 0.6 is 0 Å². The van der Waals surface area contributed by atoms with Gasteiger partial charge in [-0.25, -0.2) is 0 Å². The third kappa shape index (κ3) is 3.84. The fourth-order valence-corrected chi connectivity index (χ4v) is 3.10. The molecular formula is C19H23N3O3. The van der Waals surface area contributed by atoms with Gasteiger partial charge in [-0.1, -0.05) is 18.2 Å². The lowest BCUT2D eigenvalue weighted by atomic mass is 10.1. The summed E-state index contributed by atoms with van der Waals surface area (Å²) in [5, 5.41) is 0. The molecule has 1 aliphatic heterocycles. The molecule has 0 bridgehead atoms. The number of nitrogens with zero attached hydrogens (tertiary/aromatic N) is 3. The number of benzene rings is 1. The minimum atomic E-state index is 0.0254. The molecule has 1 saturated heterocycles. The molecule has 0 spiro atoms. The highest BCUT2D eigenvalue weighted by molar-refractivity contribution is 5.94. The fraction of sp³-hybridized carbons (Fsp3) is 0.368. The van der Waals surface area contributed by atoms with Crippen LogP contribution in [0.25, 0.3) is 0 Å². The smallest absolute Gasteiger partial charge is 0.255 e. The van der Waals surface area contributed by atoms with Crippen molar-refractivity contribution in [3.63, 3.8) is 0 Å². The Balaban J connectivity index is 1.56. The van der Waals surface area contributed by atoms with Crippen LogP contribution < -0.4 is 4.74 Å². The Morgan fingerprint density at radius 1 is 1.04 bits per heavy atom. The molecule has 2 aromatic rings. The van der Waals surface area contributed by atoms with Crippen molar-refractivity contribution in [1.82, 2.24) is 14.4 Å². The quantitative estimate of drug-likeness (QED) is 0.848. The predicted molar refractivity (Wildman–Crippen MR) is 94.6 cm³/mol. The van der Waals surface area contributed by atoms with Crippen molar-refractivity contribution >= 4 is 11.8 Å². The van der Waals surface area contributed by atoms with Crippen LogP contribution in [0.15, 0.2) is 42.7 Å². The van der Waals surface area contributed by atoms with Gasteiger partial charge in [0.15, 0.2) is 0 Å². The number of amides is 2. The van der Waals surface area contributed by atoms with Crippen molar-refractivity contribution in [3.05, 3.63) is 53.9 Å². The molecule has 6 heteroatoms. The Hall–Kier alpha value is -2.76. The zero-order valence-corrected chi connectivity index (χ0v) is 14.6. The average molecular weight is 341 g/mol. The van der Waals surface area contributed by atoms with E-state index < -0.39 is 0 Å². The first-order valence-corrected chi connectivity index (χ1v) is 8.39. The van der Waals surface area contributed by atoms with E-state index in [1.54, 1.807) is 7.11 Å². The summed E-state index contributed by atoms with van der Waals surface area (Å²) in [6, 6.07) is 9.38. The molecule has 0 unspecified atom stereocenters. The summed E-state index contributed by atoms with van der Waals surface area (Å²) in [5.41, 5.74) is 1.58. The zero-order valence-electron chi connectivity index (χ0n) is 14.6. The second-order valence-corrected chi connectivity index (χ2v) is 6.23. The number of para-hydroxylation sites is 1. The number of aromatic nitrogens is 1. The summed E-state index contributed by atoms with van der Waals surface area (Å²) in [5.74, 6) is 0.822. The number of ether oxygens (including phenoxy) is 1. The van der Waals surface area contributed by atoms with Gasteiger partial charge in [0.1, 0.15) is 5.75 Å². The number of hydrogen-bond donors (Lipinski definition) is 0. The van der Waals surface area contributed by atoms with Crippen molar-refractivity contribution in [2.45, 2.75) is 6.42 Å². The molecule has 2 heterocycles. The van der Waals surface area contributed by atoms with Gasteiger partial charge in [0.2, 0.25) is 5.91 Å². The van der Waals surface area contributed by atoms with Crippen LogP contribution in [0.5, 0.6) is 5.75 Å². The maximum absolute atomic E-state index is 12.5. The molecule has 0 N–H and O–H groups in total. The van der Waals surface area contributed by atoms with E-state index in [9.17, 15) is 9.59 Å². The molecule has 3 rings (SSSR count). The Bertz CT molecular complexity index is 761. The van der Waals surface area contributed by atoms with Crippen molar-refractivity contribution < 1.29 is 14.3 Å². The van der Waals surface area contributed by atoms with E-state index in [0.717, 1.165) is 11.3 Å². The van der Waals surface area contributed by atoms with E-state index in [4.69, 9.17) is 4.74 Å². The predicted octanol–water partition coefficient (Wildman–Crippen LogP) is 1.56. The van der Waals surface area contributed by atoms with E-state index >= 15 is 0 Å². The van der Waals surface area contributed by atoms with Crippen LogP contribution in [-0.4, -0.2) is 59.5 Å². The minimum Gasteiger partial charge on any atom is -0.496 e. The second-order valence-electron chi connectivity index (χ2n) is 6.23. The average Bonchev–Trinajstić information content (AvgIpc) is 3.08. The molecule has 0 radical (unpaired) electrons. The number of methoxy groups -OCH3 is 1. The Kier molecular flexibility index (Phi) is 5.07. The third-order valence-corrected chi connectivity index (χ3v) is 4.53. The van der Waals surface area contributed by atoms with E-state index in [-0.39, 0.29) is 11.8 Å². The van der Waals surface area contributed by atoms with Gasteiger partial charge in [0.05, 0.1) is 19.1 Å². The molecule has 132 valence electrons. The van der Waals surface area contributed by atoms with Gasteiger partial charge >= 0.3 is 0 Å². The zero-order chi connectivity index (χ0) is 17.8. The molecule has 25 heavy (non-hydrogen) atoms. The van der Waals surface area contributed by atoms with E-state index in [0.29, 0.717) is 38.2 Å². The number of hydrogen-bond acceptors (Lipinski definition) is 3. The van der Waals surface area contributed by atoms with Gasteiger partial charge in [-0.05, 0) is 12.1 Å². The molecule has 0 saturated carbocycles. The van der Waals surface area contributed by atoms with Crippen molar-refractivity contribution in [1.29, 1.82) is 0 Å². The molecular weight excluding hydrogens is 318 g/mol. The van der Waals surface area contributed by atoms with Crippen LogP contribution in [0.3, 0.4) is 0 Å². The van der Waals surface area contributed by atoms with E-state index in [1.165, 1.54) is 0 Å². The molecule has 6 nitrogen and oxygen atoms in total. The standard InChI is InChI=1S/C19H23N3O3/c1-20-8-7-16(14-20)19(24)22-11-9-21(10-12-22)18(23)13-15-5-3-4-6-17(15)25-2/h3-8,14H,9-13H2,1-2H3. The Labute approximate surface area is 147 Å². The summed E-state index contributed by atoms with van der Waals surface area (Å²) < 4.78 is 7.17. The summed E-state index contributed by atoms with van der Waals surface area (Å²) in [7, 11) is 3.50. The molecule has 1 aromatic carbocycles. The highest BCUT2D eigenvalue weighted by Gasteiger charge is 2.25. The van der Waals surface area contributed by atoms with Gasteiger partial charge in [0, 0.05) is 51.2 Å². The molecule has 1 aromatic heterocycles. The number of rotatable bonds is 4. The second kappa shape index (κ2) is 7.42. The van der Waals surface area contributed by atoms with Crippen molar-refractivity contribution in [2.24, 2.45) is 7.05 Å². The van der Waals surface area contributed by atoms with Crippen LogP contribution in [0.1, 0.15) is 15.9 Å². The first-order chi connectivity index (χ1) is 12.1. The lowest BCUT2D eigenvalue weighted by Gasteiger charge is -2.34. The monoisotopic (exact) mass is 341 g/mol. The minimum absolute atomic E-state index is 0.0254. The molecule has 1 fully saturated rings. The van der Waals surface area contributed by atoms with E-state index in [2.05, 4.69) is 0 Å². The van der Waals surface area contributed by atoms with Crippen molar-refractivity contribution in [2.75, 3.05) is 33.3 Å². The number of carbonyl (C=O) groups is 2. The van der Waals surface area contributed by atoms with Crippen LogP contribution in [0.4, 0.5) is 0 Å². The van der Waals surface area contributed by atoms with E-state index in [1.807, 2.05) is 64.1 Å². The number of aryl methyl sites for hydroxylation is 1. The maximum Gasteiger partial charge on any atom is 0.255 e. The maximum atomic E-state index is 12.5. The lowest BCUT2D eigenvalue weighted by molar-refractivity contribution is -0.131. The first kappa shape index (κ1) is 17.1.